The highest BCUT2D eigenvalue weighted by atomic mass is 79.9. The van der Waals surface area contributed by atoms with Crippen LogP contribution in [0.3, 0.4) is 0 Å². The quantitative estimate of drug-likeness (QED) is 0.920. The highest BCUT2D eigenvalue weighted by Gasteiger charge is 2.06. The average Bonchev–Trinajstić information content (AvgIpc) is 2.90. The first-order valence-corrected chi connectivity index (χ1v) is 6.36. The highest BCUT2D eigenvalue weighted by Crippen LogP contribution is 2.16. The van der Waals surface area contributed by atoms with Crippen molar-refractivity contribution in [1.29, 1.82) is 0 Å². The van der Waals surface area contributed by atoms with Crippen molar-refractivity contribution < 1.29 is 0 Å². The molecule has 2 aromatic rings. The Balaban J connectivity index is 2.14. The summed E-state index contributed by atoms with van der Waals surface area (Å²) in [6, 6.07) is 8.33. The van der Waals surface area contributed by atoms with Gasteiger partial charge >= 0.3 is 0 Å². The second kappa shape index (κ2) is 5.88. The van der Waals surface area contributed by atoms with Crippen LogP contribution in [0.25, 0.3) is 5.69 Å². The number of benzene rings is 1. The molecule has 1 N–H and O–H groups in total. The van der Waals surface area contributed by atoms with Crippen molar-refractivity contribution in [3.63, 3.8) is 0 Å². The van der Waals surface area contributed by atoms with E-state index in [0.29, 0.717) is 0 Å². The first kappa shape index (κ1) is 12.9. The maximum atomic E-state index is 3.87. The molecule has 1 aromatic carbocycles. The maximum absolute atomic E-state index is 3.87. The molecule has 0 saturated heterocycles. The fraction of sp³-hybridized carbons (Fsp3) is 0.250. The van der Waals surface area contributed by atoms with Crippen LogP contribution >= 0.6 is 15.9 Å². The first-order chi connectivity index (χ1) is 8.66. The molecule has 5 nitrogen and oxygen atoms in total. The van der Waals surface area contributed by atoms with Crippen LogP contribution in [-0.2, 0) is 0 Å². The van der Waals surface area contributed by atoms with Crippen molar-refractivity contribution >= 4 is 15.9 Å². The summed E-state index contributed by atoms with van der Waals surface area (Å²) in [5.41, 5.74) is 2.13. The van der Waals surface area contributed by atoms with Gasteiger partial charge in [-0.3, -0.25) is 0 Å². The molecule has 1 atom stereocenters. The van der Waals surface area contributed by atoms with Crippen LogP contribution in [0.1, 0.15) is 18.5 Å². The number of nitrogens with one attached hydrogen (secondary N) is 1. The van der Waals surface area contributed by atoms with Crippen LogP contribution in [0, 0.1) is 0 Å². The lowest BCUT2D eigenvalue weighted by molar-refractivity contribution is 0.615. The average molecular weight is 308 g/mol. The van der Waals surface area contributed by atoms with Gasteiger partial charge in [-0.25, -0.2) is 4.68 Å². The SMILES string of the molecule is C=C(Br)CNC(C)c1cccc(-n2cnnn2)c1. The number of hydrogen-bond donors (Lipinski definition) is 1. The van der Waals surface area contributed by atoms with E-state index >= 15 is 0 Å². The molecule has 0 aliphatic heterocycles. The van der Waals surface area contributed by atoms with Gasteiger partial charge in [-0.15, -0.1) is 5.10 Å². The minimum Gasteiger partial charge on any atom is -0.306 e. The van der Waals surface area contributed by atoms with Crippen LogP contribution in [0.4, 0.5) is 0 Å². The smallest absolute Gasteiger partial charge is 0.143 e. The van der Waals surface area contributed by atoms with Crippen LogP contribution in [0.2, 0.25) is 0 Å². The van der Waals surface area contributed by atoms with E-state index in [2.05, 4.69) is 62.4 Å². The lowest BCUT2D eigenvalue weighted by Crippen LogP contribution is -2.19. The van der Waals surface area contributed by atoms with Crippen LogP contribution < -0.4 is 5.32 Å². The van der Waals surface area contributed by atoms with Crippen molar-refractivity contribution in [3.05, 3.63) is 47.2 Å². The van der Waals surface area contributed by atoms with E-state index < -0.39 is 0 Å². The largest absolute Gasteiger partial charge is 0.306 e. The minimum absolute atomic E-state index is 0.232. The van der Waals surface area contributed by atoms with Gasteiger partial charge in [-0.05, 0) is 35.0 Å². The molecule has 1 heterocycles. The zero-order valence-electron chi connectivity index (χ0n) is 10.0. The lowest BCUT2D eigenvalue weighted by atomic mass is 10.1. The van der Waals surface area contributed by atoms with Crippen LogP contribution in [-0.4, -0.2) is 26.8 Å². The van der Waals surface area contributed by atoms with Crippen molar-refractivity contribution in [2.75, 3.05) is 6.54 Å². The summed E-state index contributed by atoms with van der Waals surface area (Å²) in [5, 5.41) is 14.5. The van der Waals surface area contributed by atoms with Gasteiger partial charge < -0.3 is 5.32 Å². The van der Waals surface area contributed by atoms with Gasteiger partial charge in [0.05, 0.1) is 5.69 Å². The number of nitrogens with zero attached hydrogens (tertiary/aromatic N) is 4. The van der Waals surface area contributed by atoms with Gasteiger partial charge in [0.25, 0.3) is 0 Å². The van der Waals surface area contributed by atoms with Gasteiger partial charge in [0.1, 0.15) is 6.33 Å². The summed E-state index contributed by atoms with van der Waals surface area (Å²) in [4.78, 5) is 0. The third-order valence-corrected chi connectivity index (χ3v) is 2.86. The molecule has 0 spiro atoms. The predicted molar refractivity (Wildman–Crippen MR) is 73.6 cm³/mol. The molecule has 6 heteroatoms. The zero-order valence-corrected chi connectivity index (χ0v) is 11.6. The first-order valence-electron chi connectivity index (χ1n) is 5.57. The van der Waals surface area contributed by atoms with E-state index in [0.717, 1.165) is 16.7 Å². The Morgan fingerprint density at radius 1 is 1.56 bits per heavy atom. The maximum Gasteiger partial charge on any atom is 0.143 e. The van der Waals surface area contributed by atoms with E-state index in [1.54, 1.807) is 11.0 Å². The second-order valence-corrected chi connectivity index (χ2v) is 5.09. The molecule has 18 heavy (non-hydrogen) atoms. The van der Waals surface area contributed by atoms with E-state index in [-0.39, 0.29) is 6.04 Å². The Morgan fingerprint density at radius 2 is 2.39 bits per heavy atom. The summed E-state index contributed by atoms with van der Waals surface area (Å²) in [6.07, 6.45) is 1.58. The molecule has 0 aliphatic rings. The van der Waals surface area contributed by atoms with Crippen molar-refractivity contribution in [2.45, 2.75) is 13.0 Å². The zero-order chi connectivity index (χ0) is 13.0. The summed E-state index contributed by atoms with van der Waals surface area (Å²) < 4.78 is 2.57. The Labute approximate surface area is 114 Å². The summed E-state index contributed by atoms with van der Waals surface area (Å²) >= 11 is 3.33. The predicted octanol–water partition coefficient (Wildman–Crippen LogP) is 2.22. The third kappa shape index (κ3) is 3.24. The van der Waals surface area contributed by atoms with Gasteiger partial charge in [0.2, 0.25) is 0 Å². The molecule has 2 rings (SSSR count). The minimum atomic E-state index is 0.232. The normalized spacial score (nSPS) is 12.3. The fourth-order valence-corrected chi connectivity index (χ4v) is 1.76. The van der Waals surface area contributed by atoms with E-state index in [1.165, 1.54) is 5.56 Å². The lowest BCUT2D eigenvalue weighted by Gasteiger charge is -2.14. The van der Waals surface area contributed by atoms with E-state index in [4.69, 9.17) is 0 Å². The van der Waals surface area contributed by atoms with Crippen LogP contribution in [0.5, 0.6) is 0 Å². The van der Waals surface area contributed by atoms with Gasteiger partial charge in [-0.2, -0.15) is 0 Å². The number of rotatable bonds is 5. The topological polar surface area (TPSA) is 55.6 Å². The fourth-order valence-electron chi connectivity index (χ4n) is 1.60. The van der Waals surface area contributed by atoms with Gasteiger partial charge in [0.15, 0.2) is 0 Å². The van der Waals surface area contributed by atoms with Crippen molar-refractivity contribution in [2.24, 2.45) is 0 Å². The molecule has 0 aliphatic carbocycles. The van der Waals surface area contributed by atoms with Gasteiger partial charge in [-0.1, -0.05) is 34.6 Å². The molecular weight excluding hydrogens is 294 g/mol. The molecular formula is C12H14BrN5. The molecule has 1 unspecified atom stereocenters. The third-order valence-electron chi connectivity index (χ3n) is 2.58. The van der Waals surface area contributed by atoms with Crippen molar-refractivity contribution in [1.82, 2.24) is 25.5 Å². The number of halogens is 1. The number of hydrogen-bond acceptors (Lipinski definition) is 4. The Morgan fingerprint density at radius 3 is 3.06 bits per heavy atom. The Hall–Kier alpha value is -1.53. The number of aromatic nitrogens is 4. The Bertz CT molecular complexity index is 523. The van der Waals surface area contributed by atoms with Crippen LogP contribution in [0.15, 0.2) is 41.7 Å². The molecule has 0 saturated carbocycles. The molecule has 0 amide bonds. The summed E-state index contributed by atoms with van der Waals surface area (Å²) in [7, 11) is 0. The molecule has 0 radical (unpaired) electrons. The number of tetrazole rings is 1. The second-order valence-electron chi connectivity index (χ2n) is 3.97. The summed E-state index contributed by atoms with van der Waals surface area (Å²) in [5.74, 6) is 0. The molecule has 0 fully saturated rings. The molecule has 1 aromatic heterocycles. The monoisotopic (exact) mass is 307 g/mol. The standard InChI is InChI=1S/C12H14BrN5/c1-9(13)7-14-10(2)11-4-3-5-12(6-11)18-8-15-16-17-18/h3-6,8,10,14H,1,7H2,2H3. The summed E-state index contributed by atoms with van der Waals surface area (Å²) in [6.45, 7) is 6.64. The van der Waals surface area contributed by atoms with Crippen molar-refractivity contribution in [3.8, 4) is 5.69 Å². The van der Waals surface area contributed by atoms with E-state index in [9.17, 15) is 0 Å². The molecule has 0 bridgehead atoms. The van der Waals surface area contributed by atoms with Gasteiger partial charge in [0, 0.05) is 17.1 Å². The molecule has 94 valence electrons. The highest BCUT2D eigenvalue weighted by molar-refractivity contribution is 9.11. The van der Waals surface area contributed by atoms with E-state index in [1.807, 2.05) is 12.1 Å². The Kier molecular flexibility index (Phi) is 4.22.